The fourth-order valence-electron chi connectivity index (χ4n) is 3.93. The zero-order valence-electron chi connectivity index (χ0n) is 13.8. The predicted molar refractivity (Wildman–Crippen MR) is 80.4 cm³/mol. The average Bonchev–Trinajstić information content (AvgIpc) is 2.98. The third-order valence-electron chi connectivity index (χ3n) is 5.43. The maximum atomic E-state index is 12.5. The van der Waals surface area contributed by atoms with Crippen LogP contribution in [0, 0.1) is 17.8 Å². The fourth-order valence-corrected chi connectivity index (χ4v) is 3.93. The topological polar surface area (TPSA) is 146 Å². The van der Waals surface area contributed by atoms with E-state index in [-0.39, 0.29) is 23.3 Å². The Kier molecular flexibility index (Phi) is 5.33. The summed E-state index contributed by atoms with van der Waals surface area (Å²) < 4.78 is 15.5. The van der Waals surface area contributed by atoms with E-state index in [1.807, 2.05) is 6.92 Å². The number of aliphatic hydroxyl groups excluding tert-OH is 5. The van der Waals surface area contributed by atoms with Gasteiger partial charge in [0, 0.05) is 11.8 Å². The summed E-state index contributed by atoms with van der Waals surface area (Å²) >= 11 is 0. The van der Waals surface area contributed by atoms with Crippen molar-refractivity contribution in [3.8, 4) is 0 Å². The van der Waals surface area contributed by atoms with Gasteiger partial charge in [0.1, 0.15) is 24.4 Å². The van der Waals surface area contributed by atoms with E-state index in [0.717, 1.165) is 12.7 Å². The molecule has 4 unspecified atom stereocenters. The summed E-state index contributed by atoms with van der Waals surface area (Å²) in [6.45, 7) is 1.36. The van der Waals surface area contributed by atoms with Gasteiger partial charge in [0.2, 0.25) is 6.29 Å². The maximum absolute atomic E-state index is 12.5. The Hall–Kier alpha value is -1.23. The lowest BCUT2D eigenvalue weighted by atomic mass is 9.83. The Bertz CT molecular complexity index is 534. The molecule has 25 heavy (non-hydrogen) atoms. The highest BCUT2D eigenvalue weighted by Gasteiger charge is 2.48. The first-order valence-electron chi connectivity index (χ1n) is 8.40. The Morgan fingerprint density at radius 1 is 1.20 bits per heavy atom. The van der Waals surface area contributed by atoms with Gasteiger partial charge >= 0.3 is 5.97 Å². The minimum Gasteiger partial charge on any atom is -0.472 e. The lowest BCUT2D eigenvalue weighted by molar-refractivity contribution is -0.291. The van der Waals surface area contributed by atoms with Crippen molar-refractivity contribution in [2.45, 2.75) is 56.8 Å². The molecule has 1 aliphatic carbocycles. The third kappa shape index (κ3) is 3.27. The number of aliphatic hydroxyl groups is 5. The number of rotatable bonds is 3. The molecular formula is C16H24O9. The Labute approximate surface area is 144 Å². The predicted octanol–water partition coefficient (Wildman–Crippen LogP) is -1.78. The van der Waals surface area contributed by atoms with E-state index in [0.29, 0.717) is 6.42 Å². The molecule has 3 aliphatic rings. The molecule has 0 aromatic rings. The Morgan fingerprint density at radius 3 is 2.60 bits per heavy atom. The summed E-state index contributed by atoms with van der Waals surface area (Å²) in [4.78, 5) is 12.5. The molecule has 0 amide bonds. The number of ether oxygens (including phenoxy) is 3. The molecule has 9 atom stereocenters. The van der Waals surface area contributed by atoms with Crippen molar-refractivity contribution < 1.29 is 44.5 Å². The summed E-state index contributed by atoms with van der Waals surface area (Å²) in [7, 11) is 0. The first-order valence-corrected chi connectivity index (χ1v) is 8.40. The lowest BCUT2D eigenvalue weighted by Gasteiger charge is -2.39. The van der Waals surface area contributed by atoms with Crippen molar-refractivity contribution in [1.29, 1.82) is 0 Å². The summed E-state index contributed by atoms with van der Waals surface area (Å²) in [5, 5.41) is 48.6. The summed E-state index contributed by atoms with van der Waals surface area (Å²) in [5.41, 5.74) is 0.233. The minimum absolute atomic E-state index is 0.184. The molecule has 9 heteroatoms. The van der Waals surface area contributed by atoms with Crippen molar-refractivity contribution in [2.75, 3.05) is 6.61 Å². The van der Waals surface area contributed by atoms with Crippen LogP contribution in [0.1, 0.15) is 19.8 Å². The van der Waals surface area contributed by atoms with Crippen LogP contribution in [-0.4, -0.2) is 75.1 Å². The molecule has 0 spiro atoms. The molecule has 2 heterocycles. The molecule has 2 fully saturated rings. The van der Waals surface area contributed by atoms with E-state index in [1.165, 1.54) is 0 Å². The highest BCUT2D eigenvalue weighted by molar-refractivity contribution is 5.89. The SMILES string of the molecule is CC1CCC2C(C(=O)O[C@@H]3O[C@H](CO)[C@@H](O)[C@H](O)[C@H]3O)=COC(O)C12. The number of carbonyl (C=O) groups excluding carboxylic acids is 1. The fraction of sp³-hybridized carbons (Fsp3) is 0.812. The summed E-state index contributed by atoms with van der Waals surface area (Å²) in [5.74, 6) is -1.05. The van der Waals surface area contributed by atoms with Crippen molar-refractivity contribution in [3.05, 3.63) is 11.8 Å². The van der Waals surface area contributed by atoms with E-state index in [1.54, 1.807) is 0 Å². The van der Waals surface area contributed by atoms with Crippen molar-refractivity contribution >= 4 is 5.97 Å². The van der Waals surface area contributed by atoms with Gasteiger partial charge in [-0.1, -0.05) is 6.92 Å². The number of carbonyl (C=O) groups is 1. The van der Waals surface area contributed by atoms with Crippen LogP contribution in [0.5, 0.6) is 0 Å². The van der Waals surface area contributed by atoms with Crippen LogP contribution in [-0.2, 0) is 19.0 Å². The molecule has 1 saturated heterocycles. The van der Waals surface area contributed by atoms with E-state index in [9.17, 15) is 30.3 Å². The second-order valence-electron chi connectivity index (χ2n) is 6.94. The van der Waals surface area contributed by atoms with Crippen LogP contribution in [0.4, 0.5) is 0 Å². The Morgan fingerprint density at radius 2 is 1.92 bits per heavy atom. The zero-order valence-corrected chi connectivity index (χ0v) is 13.8. The first-order chi connectivity index (χ1) is 11.8. The monoisotopic (exact) mass is 360 g/mol. The molecule has 1 saturated carbocycles. The van der Waals surface area contributed by atoms with Crippen LogP contribution in [0.3, 0.4) is 0 Å². The molecule has 0 aromatic carbocycles. The molecule has 0 aromatic heterocycles. The van der Waals surface area contributed by atoms with Crippen LogP contribution in [0.2, 0.25) is 0 Å². The van der Waals surface area contributed by atoms with Crippen LogP contribution in [0.25, 0.3) is 0 Å². The van der Waals surface area contributed by atoms with Gasteiger partial charge in [0.15, 0.2) is 6.29 Å². The highest BCUT2D eigenvalue weighted by atomic mass is 16.7. The molecule has 2 aliphatic heterocycles. The molecule has 9 nitrogen and oxygen atoms in total. The summed E-state index contributed by atoms with van der Waals surface area (Å²) in [6.07, 6.45) is -5.79. The van der Waals surface area contributed by atoms with Gasteiger partial charge in [-0.25, -0.2) is 4.79 Å². The van der Waals surface area contributed by atoms with E-state index >= 15 is 0 Å². The number of hydrogen-bond acceptors (Lipinski definition) is 9. The average molecular weight is 360 g/mol. The standard InChI is InChI=1S/C16H24O9/c1-6-2-3-7-8(5-23-15(22)10(6)7)14(21)25-16-13(20)12(19)11(18)9(4-17)24-16/h5-7,9-13,15-20,22H,2-4H2,1H3/t6?,7?,9-,10?,11-,12+,13-,15?,16+/m1/s1. The summed E-state index contributed by atoms with van der Waals surface area (Å²) in [6, 6.07) is 0. The molecule has 3 rings (SSSR count). The molecule has 0 bridgehead atoms. The lowest BCUT2D eigenvalue weighted by Crippen LogP contribution is -2.59. The second kappa shape index (κ2) is 7.18. The first kappa shape index (κ1) is 18.6. The number of esters is 1. The molecule has 142 valence electrons. The third-order valence-corrected chi connectivity index (χ3v) is 5.43. The van der Waals surface area contributed by atoms with Crippen molar-refractivity contribution in [2.24, 2.45) is 17.8 Å². The minimum atomic E-state index is -1.66. The highest BCUT2D eigenvalue weighted by Crippen LogP contribution is 2.46. The van der Waals surface area contributed by atoms with Crippen molar-refractivity contribution in [3.63, 3.8) is 0 Å². The van der Waals surface area contributed by atoms with E-state index in [2.05, 4.69) is 0 Å². The quantitative estimate of drug-likeness (QED) is 0.369. The van der Waals surface area contributed by atoms with Crippen LogP contribution >= 0.6 is 0 Å². The molecular weight excluding hydrogens is 336 g/mol. The smallest absolute Gasteiger partial charge is 0.339 e. The largest absolute Gasteiger partial charge is 0.472 e. The van der Waals surface area contributed by atoms with E-state index in [4.69, 9.17) is 14.2 Å². The molecule has 5 N–H and O–H groups in total. The van der Waals surface area contributed by atoms with Gasteiger partial charge in [-0.2, -0.15) is 0 Å². The Balaban J connectivity index is 1.71. The normalized spacial score (nSPS) is 46.8. The van der Waals surface area contributed by atoms with Gasteiger partial charge in [-0.3, -0.25) is 0 Å². The van der Waals surface area contributed by atoms with Gasteiger partial charge < -0.3 is 39.7 Å². The van der Waals surface area contributed by atoms with Gasteiger partial charge in [0.25, 0.3) is 0 Å². The second-order valence-corrected chi connectivity index (χ2v) is 6.94. The van der Waals surface area contributed by atoms with Gasteiger partial charge in [0.05, 0.1) is 18.4 Å². The van der Waals surface area contributed by atoms with Gasteiger partial charge in [-0.15, -0.1) is 0 Å². The van der Waals surface area contributed by atoms with Gasteiger partial charge in [-0.05, 0) is 18.8 Å². The molecule has 0 radical (unpaired) electrons. The maximum Gasteiger partial charge on any atom is 0.339 e. The van der Waals surface area contributed by atoms with Crippen LogP contribution < -0.4 is 0 Å². The van der Waals surface area contributed by atoms with E-state index < -0.39 is 49.6 Å². The zero-order chi connectivity index (χ0) is 18.3. The van der Waals surface area contributed by atoms with Crippen LogP contribution in [0.15, 0.2) is 11.8 Å². The number of fused-ring (bicyclic) bond motifs is 1. The number of hydrogen-bond donors (Lipinski definition) is 5. The van der Waals surface area contributed by atoms with Crippen molar-refractivity contribution in [1.82, 2.24) is 0 Å².